The lowest BCUT2D eigenvalue weighted by Gasteiger charge is -2.12. The van der Waals surface area contributed by atoms with Gasteiger partial charge < -0.3 is 25.0 Å². The molecule has 0 aliphatic heterocycles. The summed E-state index contributed by atoms with van der Waals surface area (Å²) in [4.78, 5) is 22.3. The number of carbonyl (C=O) groups is 2. The number of hydrogen-bond donors (Lipinski definition) is 3. The number of aromatic carboxylic acids is 2. The van der Waals surface area contributed by atoms with E-state index in [-0.39, 0.29) is 16.9 Å². The van der Waals surface area contributed by atoms with Crippen LogP contribution >= 0.6 is 22.6 Å². The van der Waals surface area contributed by atoms with E-state index in [4.69, 9.17) is 14.6 Å². The number of halogens is 2. The number of anilines is 1. The Morgan fingerprint density at radius 2 is 1.14 bits per heavy atom. The molecule has 0 saturated heterocycles. The third kappa shape index (κ3) is 8.80. The fraction of sp³-hybridized carbons (Fsp3) is 0.0303. The summed E-state index contributed by atoms with van der Waals surface area (Å²) in [5, 5.41) is 21.3. The van der Waals surface area contributed by atoms with Gasteiger partial charge in [0.05, 0.1) is 16.8 Å². The molecule has 0 heterocycles. The van der Waals surface area contributed by atoms with Crippen molar-refractivity contribution in [3.05, 3.63) is 147 Å². The molecule has 0 aliphatic rings. The minimum Gasteiger partial charge on any atom is -0.478 e. The highest BCUT2D eigenvalue weighted by atomic mass is 127. The Morgan fingerprint density at radius 3 is 1.64 bits per heavy atom. The Hall–Kier alpha value is -4.90. The number of hydrogen-bond acceptors (Lipinski definition) is 5. The van der Waals surface area contributed by atoms with Gasteiger partial charge >= 0.3 is 11.9 Å². The zero-order valence-electron chi connectivity index (χ0n) is 22.0. The summed E-state index contributed by atoms with van der Waals surface area (Å²) in [6.45, 7) is 0.370. The standard InChI is InChI=1S/C20H16FNO3.C13H9IO3/c21-15-8-6-14(7-9-15)13-22-19-12-17(10-11-18(19)20(23)24)25-16-4-2-1-3-5-16;14-12-8-10(6-7-11(12)13(15)16)17-9-4-2-1-3-5-9/h1-12,22H,13H2,(H,23,24);1-8H,(H,15,16). The normalized spacial score (nSPS) is 10.1. The lowest BCUT2D eigenvalue weighted by Crippen LogP contribution is -2.06. The van der Waals surface area contributed by atoms with Crippen molar-refractivity contribution in [1.82, 2.24) is 0 Å². The molecule has 3 N–H and O–H groups in total. The third-order valence-electron chi connectivity index (χ3n) is 5.75. The molecule has 0 fully saturated rings. The summed E-state index contributed by atoms with van der Waals surface area (Å²) in [6, 6.07) is 34.3. The van der Waals surface area contributed by atoms with Crippen LogP contribution in [0.1, 0.15) is 26.3 Å². The van der Waals surface area contributed by atoms with Crippen LogP contribution in [0.15, 0.2) is 121 Å². The van der Waals surface area contributed by atoms with E-state index in [2.05, 4.69) is 5.32 Å². The third-order valence-corrected chi connectivity index (χ3v) is 6.64. The van der Waals surface area contributed by atoms with Crippen molar-refractivity contribution in [1.29, 1.82) is 0 Å². The molecule has 5 rings (SSSR count). The Bertz CT molecular complexity index is 1650. The lowest BCUT2D eigenvalue weighted by atomic mass is 10.1. The van der Waals surface area contributed by atoms with Gasteiger partial charge in [-0.05, 0) is 94.9 Å². The van der Waals surface area contributed by atoms with Crippen LogP contribution in [0.4, 0.5) is 10.1 Å². The van der Waals surface area contributed by atoms with Crippen molar-refractivity contribution >= 4 is 40.2 Å². The van der Waals surface area contributed by atoms with Gasteiger partial charge in [-0.25, -0.2) is 14.0 Å². The van der Waals surface area contributed by atoms with E-state index in [1.54, 1.807) is 42.5 Å². The number of para-hydroxylation sites is 2. The maximum absolute atomic E-state index is 13.0. The molecule has 0 saturated carbocycles. The zero-order valence-corrected chi connectivity index (χ0v) is 24.2. The van der Waals surface area contributed by atoms with Gasteiger partial charge in [0.2, 0.25) is 0 Å². The second kappa shape index (κ2) is 14.6. The quantitative estimate of drug-likeness (QED) is 0.134. The zero-order chi connectivity index (χ0) is 29.9. The first kappa shape index (κ1) is 30.1. The second-order valence-electron chi connectivity index (χ2n) is 8.77. The summed E-state index contributed by atoms with van der Waals surface area (Å²) in [5.74, 6) is 0.270. The molecular formula is C33H25FINO6. The molecule has 0 radical (unpaired) electrons. The van der Waals surface area contributed by atoms with Crippen LogP contribution in [-0.4, -0.2) is 22.2 Å². The predicted octanol–water partition coefficient (Wildman–Crippen LogP) is 8.71. The van der Waals surface area contributed by atoms with Crippen molar-refractivity contribution in [2.24, 2.45) is 0 Å². The summed E-state index contributed by atoms with van der Waals surface area (Å²) < 4.78 is 25.0. The Kier molecular flexibility index (Phi) is 10.5. The Morgan fingerprint density at radius 1 is 0.643 bits per heavy atom. The number of carboxylic acids is 2. The molecule has 9 heteroatoms. The average Bonchev–Trinajstić information content (AvgIpc) is 2.98. The van der Waals surface area contributed by atoms with Gasteiger partial charge in [0.15, 0.2) is 0 Å². The van der Waals surface area contributed by atoms with Crippen LogP contribution in [-0.2, 0) is 6.54 Å². The SMILES string of the molecule is O=C(O)c1ccc(Oc2ccccc2)cc1I.O=C(O)c1ccc(Oc2ccccc2)cc1NCc1ccc(F)cc1. The molecule has 0 bridgehead atoms. The highest BCUT2D eigenvalue weighted by Crippen LogP contribution is 2.28. The molecule has 212 valence electrons. The first-order valence-electron chi connectivity index (χ1n) is 12.6. The predicted molar refractivity (Wildman–Crippen MR) is 166 cm³/mol. The van der Waals surface area contributed by atoms with Gasteiger partial charge in [0.1, 0.15) is 28.8 Å². The van der Waals surface area contributed by atoms with Crippen LogP contribution in [0.3, 0.4) is 0 Å². The van der Waals surface area contributed by atoms with E-state index in [1.165, 1.54) is 18.2 Å². The molecule has 0 atom stereocenters. The van der Waals surface area contributed by atoms with Crippen molar-refractivity contribution in [3.8, 4) is 23.0 Å². The number of rotatable bonds is 9. The summed E-state index contributed by atoms with van der Waals surface area (Å²) >= 11 is 1.98. The maximum Gasteiger partial charge on any atom is 0.337 e. The van der Waals surface area contributed by atoms with Crippen molar-refractivity contribution in [2.75, 3.05) is 5.32 Å². The van der Waals surface area contributed by atoms with Gasteiger partial charge in [-0.3, -0.25) is 0 Å². The number of nitrogens with one attached hydrogen (secondary N) is 1. The number of benzene rings is 5. The number of ether oxygens (including phenoxy) is 2. The molecule has 7 nitrogen and oxygen atoms in total. The monoisotopic (exact) mass is 677 g/mol. The van der Waals surface area contributed by atoms with Gasteiger partial charge in [-0.2, -0.15) is 0 Å². The second-order valence-corrected chi connectivity index (χ2v) is 9.93. The fourth-order valence-electron chi connectivity index (χ4n) is 3.70. The lowest BCUT2D eigenvalue weighted by molar-refractivity contribution is 0.0686. The summed E-state index contributed by atoms with van der Waals surface area (Å²) in [5.41, 5.74) is 1.70. The molecule has 0 unspecified atom stereocenters. The van der Waals surface area contributed by atoms with Crippen molar-refractivity contribution < 1.29 is 33.7 Å². The van der Waals surface area contributed by atoms with Gasteiger partial charge in [0, 0.05) is 16.2 Å². The number of carboxylic acid groups (broad SMARTS) is 2. The van der Waals surface area contributed by atoms with Crippen LogP contribution in [0.2, 0.25) is 0 Å². The summed E-state index contributed by atoms with van der Waals surface area (Å²) in [6.07, 6.45) is 0. The van der Waals surface area contributed by atoms with E-state index >= 15 is 0 Å². The molecule has 0 amide bonds. The van der Waals surface area contributed by atoms with Gasteiger partial charge in [-0.1, -0.05) is 48.5 Å². The topological polar surface area (TPSA) is 105 Å². The van der Waals surface area contributed by atoms with Crippen molar-refractivity contribution in [3.63, 3.8) is 0 Å². The first-order chi connectivity index (χ1) is 20.3. The summed E-state index contributed by atoms with van der Waals surface area (Å²) in [7, 11) is 0. The van der Waals surface area contributed by atoms with Gasteiger partial charge in [-0.15, -0.1) is 0 Å². The van der Waals surface area contributed by atoms with Crippen LogP contribution < -0.4 is 14.8 Å². The van der Waals surface area contributed by atoms with E-state index < -0.39 is 11.9 Å². The van der Waals surface area contributed by atoms with Crippen LogP contribution in [0.5, 0.6) is 23.0 Å². The molecule has 0 spiro atoms. The van der Waals surface area contributed by atoms with Crippen LogP contribution in [0.25, 0.3) is 0 Å². The largest absolute Gasteiger partial charge is 0.478 e. The van der Waals surface area contributed by atoms with Crippen LogP contribution in [0, 0.1) is 9.39 Å². The molecule has 5 aromatic rings. The molecule has 42 heavy (non-hydrogen) atoms. The fourth-order valence-corrected chi connectivity index (χ4v) is 4.42. The van der Waals surface area contributed by atoms with Crippen molar-refractivity contribution in [2.45, 2.75) is 6.54 Å². The first-order valence-corrected chi connectivity index (χ1v) is 13.7. The van der Waals surface area contributed by atoms with E-state index in [0.29, 0.717) is 33.1 Å². The highest BCUT2D eigenvalue weighted by Gasteiger charge is 2.12. The Balaban J connectivity index is 0.000000208. The average molecular weight is 677 g/mol. The van der Waals surface area contributed by atoms with E-state index in [1.807, 2.05) is 83.3 Å². The van der Waals surface area contributed by atoms with E-state index in [9.17, 15) is 19.1 Å². The highest BCUT2D eigenvalue weighted by molar-refractivity contribution is 14.1. The molecule has 5 aromatic carbocycles. The minimum atomic E-state index is -1.03. The minimum absolute atomic E-state index is 0.141. The molecule has 0 aromatic heterocycles. The van der Waals surface area contributed by atoms with Gasteiger partial charge in [0.25, 0.3) is 0 Å². The van der Waals surface area contributed by atoms with E-state index in [0.717, 1.165) is 11.3 Å². The molecule has 0 aliphatic carbocycles. The maximum atomic E-state index is 13.0. The Labute approximate surface area is 255 Å². The smallest absolute Gasteiger partial charge is 0.337 e. The molecular weight excluding hydrogens is 652 g/mol.